The summed E-state index contributed by atoms with van der Waals surface area (Å²) in [4.78, 5) is 2.59. The summed E-state index contributed by atoms with van der Waals surface area (Å²) >= 11 is 0. The fourth-order valence-corrected chi connectivity index (χ4v) is 8.95. The third kappa shape index (κ3) is 5.09. The van der Waals surface area contributed by atoms with E-state index in [1.807, 2.05) is 0 Å². The Hall–Kier alpha value is -6.12. The van der Waals surface area contributed by atoms with E-state index in [4.69, 9.17) is 0 Å². The Morgan fingerprint density at radius 2 is 1.27 bits per heavy atom. The number of aryl methyl sites for hydroxylation is 2. The van der Waals surface area contributed by atoms with E-state index in [0.717, 1.165) is 6.42 Å². The lowest BCUT2D eigenvalue weighted by molar-refractivity contribution is 0.743. The molecule has 0 saturated carbocycles. The zero-order chi connectivity index (χ0) is 34.8. The van der Waals surface area contributed by atoms with Gasteiger partial charge in [-0.25, -0.2) is 0 Å². The van der Waals surface area contributed by atoms with E-state index in [9.17, 15) is 0 Å². The van der Waals surface area contributed by atoms with E-state index in [-0.39, 0.29) is 12.0 Å². The minimum Gasteiger partial charge on any atom is -0.333 e. The molecule has 0 N–H and O–H groups in total. The molecule has 2 aliphatic carbocycles. The average Bonchev–Trinajstić information content (AvgIpc) is 3.70. The summed E-state index contributed by atoms with van der Waals surface area (Å²) in [7, 11) is 0. The van der Waals surface area contributed by atoms with Crippen LogP contribution in [0.4, 0.5) is 11.4 Å². The highest BCUT2D eigenvalue weighted by Gasteiger charge is 2.38. The molecule has 1 aromatic heterocycles. The van der Waals surface area contributed by atoms with Crippen molar-refractivity contribution in [2.75, 3.05) is 4.90 Å². The van der Waals surface area contributed by atoms with Crippen LogP contribution in [-0.4, -0.2) is 10.6 Å². The fourth-order valence-electron chi connectivity index (χ4n) is 8.95. The van der Waals surface area contributed by atoms with Crippen LogP contribution in [0.2, 0.25) is 0 Å². The molecule has 0 amide bonds. The van der Waals surface area contributed by atoms with Gasteiger partial charge in [-0.05, 0) is 119 Å². The van der Waals surface area contributed by atoms with Gasteiger partial charge in [0.15, 0.2) is 0 Å². The van der Waals surface area contributed by atoms with Crippen LogP contribution in [0, 0.1) is 13.8 Å². The van der Waals surface area contributed by atoms with Crippen molar-refractivity contribution in [3.63, 3.8) is 0 Å². The van der Waals surface area contributed by atoms with E-state index < -0.39 is 0 Å². The second-order valence-electron chi connectivity index (χ2n) is 14.7. The van der Waals surface area contributed by atoms with Crippen molar-refractivity contribution in [2.24, 2.45) is 0 Å². The summed E-state index contributed by atoms with van der Waals surface area (Å²) < 4.78 is 2.43. The van der Waals surface area contributed by atoms with Gasteiger partial charge in [-0.15, -0.1) is 0 Å². The molecule has 3 unspecified atom stereocenters. The van der Waals surface area contributed by atoms with Crippen molar-refractivity contribution in [1.29, 1.82) is 0 Å². The lowest BCUT2D eigenvalue weighted by Gasteiger charge is -2.30. The molecule has 0 saturated heterocycles. The molecule has 0 spiro atoms. The molecule has 2 heteroatoms. The topological polar surface area (TPSA) is 8.17 Å². The molecule has 2 heterocycles. The first-order chi connectivity index (χ1) is 25.6. The molecule has 0 fully saturated rings. The smallest absolute Gasteiger partial charge is 0.0629 e. The van der Waals surface area contributed by atoms with Gasteiger partial charge in [0.1, 0.15) is 0 Å². The van der Waals surface area contributed by atoms with Crippen LogP contribution >= 0.6 is 0 Å². The van der Waals surface area contributed by atoms with Gasteiger partial charge in [-0.3, -0.25) is 0 Å². The van der Waals surface area contributed by atoms with Crippen LogP contribution in [0.25, 0.3) is 49.7 Å². The van der Waals surface area contributed by atoms with E-state index in [1.165, 1.54) is 83.4 Å². The standard InChI is InChI=1S/C50H40N2/c1-33-25-34(2)27-41(26-33)51-47-19-11-9-17-43(47)45-31-37(21-23-49(45)51)38-22-24-50-46(32-38)44-18-10-12-20-48(44)52(50)42-29-39(35-13-5-3-6-14-35)28-40(30-42)36-15-7-4-8-16-36/h3-15,17-32,36,44,48H,16H2,1-2H3. The van der Waals surface area contributed by atoms with Gasteiger partial charge in [0.25, 0.3) is 0 Å². The van der Waals surface area contributed by atoms with Crippen molar-refractivity contribution < 1.29 is 0 Å². The summed E-state index contributed by atoms with van der Waals surface area (Å²) in [6, 6.07) is 48.1. The molecule has 0 radical (unpaired) electrons. The monoisotopic (exact) mass is 668 g/mol. The number of hydrogen-bond donors (Lipinski definition) is 0. The third-order valence-corrected chi connectivity index (χ3v) is 11.3. The first-order valence-electron chi connectivity index (χ1n) is 18.5. The predicted octanol–water partition coefficient (Wildman–Crippen LogP) is 13.1. The van der Waals surface area contributed by atoms with Crippen molar-refractivity contribution in [3.05, 3.63) is 198 Å². The molecular formula is C50H40N2. The average molecular weight is 669 g/mol. The second-order valence-corrected chi connectivity index (χ2v) is 14.7. The van der Waals surface area contributed by atoms with Crippen LogP contribution in [0.5, 0.6) is 0 Å². The Bertz CT molecular complexity index is 2630. The minimum absolute atomic E-state index is 0.217. The molecule has 3 aliphatic rings. The number of fused-ring (bicyclic) bond motifs is 6. The molecule has 7 aromatic rings. The summed E-state index contributed by atoms with van der Waals surface area (Å²) in [6.45, 7) is 4.37. The third-order valence-electron chi connectivity index (χ3n) is 11.3. The van der Waals surface area contributed by atoms with Gasteiger partial charge >= 0.3 is 0 Å². The van der Waals surface area contributed by atoms with Gasteiger partial charge in [-0.1, -0.05) is 121 Å². The Labute approximate surface area is 306 Å². The molecular weight excluding hydrogens is 629 g/mol. The van der Waals surface area contributed by atoms with E-state index in [2.05, 4.69) is 199 Å². The molecule has 10 rings (SSSR count). The van der Waals surface area contributed by atoms with Gasteiger partial charge in [0.2, 0.25) is 0 Å². The molecule has 2 nitrogen and oxygen atoms in total. The zero-order valence-electron chi connectivity index (χ0n) is 29.6. The van der Waals surface area contributed by atoms with Crippen molar-refractivity contribution in [3.8, 4) is 27.9 Å². The molecule has 1 aliphatic heterocycles. The molecule has 6 aromatic carbocycles. The summed E-state index contributed by atoms with van der Waals surface area (Å²) in [6.07, 6.45) is 19.2. The Balaban J connectivity index is 1.10. The lowest BCUT2D eigenvalue weighted by Crippen LogP contribution is -2.28. The maximum atomic E-state index is 2.59. The van der Waals surface area contributed by atoms with Crippen molar-refractivity contribution >= 4 is 33.2 Å². The number of hydrogen-bond acceptors (Lipinski definition) is 1. The Morgan fingerprint density at radius 1 is 0.519 bits per heavy atom. The second kappa shape index (κ2) is 12.3. The van der Waals surface area contributed by atoms with Crippen molar-refractivity contribution in [2.45, 2.75) is 38.1 Å². The number of allylic oxidation sites excluding steroid dienone is 6. The van der Waals surface area contributed by atoms with E-state index in [0.29, 0.717) is 5.92 Å². The molecule has 52 heavy (non-hydrogen) atoms. The fraction of sp³-hybridized carbons (Fsp3) is 0.120. The summed E-state index contributed by atoms with van der Waals surface area (Å²) in [5, 5.41) is 2.56. The van der Waals surface area contributed by atoms with Gasteiger partial charge in [0.05, 0.1) is 17.1 Å². The molecule has 3 atom stereocenters. The largest absolute Gasteiger partial charge is 0.333 e. The van der Waals surface area contributed by atoms with Gasteiger partial charge in [-0.2, -0.15) is 0 Å². The number of nitrogens with zero attached hydrogens (tertiary/aromatic N) is 2. The first kappa shape index (κ1) is 30.7. The maximum absolute atomic E-state index is 2.59. The number of anilines is 2. The van der Waals surface area contributed by atoms with Crippen LogP contribution in [0.1, 0.15) is 40.5 Å². The lowest BCUT2D eigenvalue weighted by atomic mass is 9.88. The molecule has 0 bridgehead atoms. The van der Waals surface area contributed by atoms with Crippen LogP contribution < -0.4 is 4.90 Å². The number of benzene rings is 6. The number of rotatable bonds is 5. The Kier molecular flexibility index (Phi) is 7.25. The summed E-state index contributed by atoms with van der Waals surface area (Å²) in [5.74, 6) is 0.641. The zero-order valence-corrected chi connectivity index (χ0v) is 29.6. The highest BCUT2D eigenvalue weighted by atomic mass is 15.2. The van der Waals surface area contributed by atoms with Crippen LogP contribution in [-0.2, 0) is 0 Å². The number of aromatic nitrogens is 1. The van der Waals surface area contributed by atoms with Crippen molar-refractivity contribution in [1.82, 2.24) is 4.57 Å². The minimum atomic E-state index is 0.217. The van der Waals surface area contributed by atoms with Gasteiger partial charge in [0, 0.05) is 39.7 Å². The molecule has 250 valence electrons. The summed E-state index contributed by atoms with van der Waals surface area (Å²) in [5.41, 5.74) is 16.5. The quantitative estimate of drug-likeness (QED) is 0.177. The number of para-hydroxylation sites is 1. The highest BCUT2D eigenvalue weighted by molar-refractivity contribution is 6.10. The highest BCUT2D eigenvalue weighted by Crippen LogP contribution is 2.50. The SMILES string of the molecule is Cc1cc(C)cc(-n2c3ccccc3c3cc(-c4ccc5c(c4)C4C=CC=CC4N5c4cc(-c5ccccc5)cc(C5C=CC=CC5)c4)ccc32)c1. The predicted molar refractivity (Wildman–Crippen MR) is 220 cm³/mol. The van der Waals surface area contributed by atoms with E-state index in [1.54, 1.807) is 0 Å². The Morgan fingerprint density at radius 3 is 2.12 bits per heavy atom. The van der Waals surface area contributed by atoms with Crippen LogP contribution in [0.15, 0.2) is 176 Å². The van der Waals surface area contributed by atoms with E-state index >= 15 is 0 Å². The van der Waals surface area contributed by atoms with Crippen LogP contribution in [0.3, 0.4) is 0 Å². The maximum Gasteiger partial charge on any atom is 0.0629 e. The first-order valence-corrected chi connectivity index (χ1v) is 18.5. The van der Waals surface area contributed by atoms with Gasteiger partial charge < -0.3 is 9.47 Å². The normalized spacial score (nSPS) is 18.7.